The lowest BCUT2D eigenvalue weighted by molar-refractivity contribution is -0.113. The number of rotatable bonds is 8. The van der Waals surface area contributed by atoms with Crippen molar-refractivity contribution >= 4 is 45.5 Å². The number of nitrogens with one attached hydrogen (secondary N) is 1. The number of benzene rings is 1. The van der Waals surface area contributed by atoms with E-state index in [1.807, 2.05) is 35.7 Å². The molecule has 0 aliphatic carbocycles. The Labute approximate surface area is 187 Å². The van der Waals surface area contributed by atoms with Gasteiger partial charge in [-0.3, -0.25) is 4.79 Å². The molecule has 154 valence electrons. The molecule has 0 aliphatic rings. The first kappa shape index (κ1) is 20.8. The van der Waals surface area contributed by atoms with Crippen LogP contribution in [0.15, 0.2) is 52.3 Å². The average molecular weight is 456 g/mol. The Bertz CT molecular complexity index is 1130. The van der Waals surface area contributed by atoms with Gasteiger partial charge in [0.2, 0.25) is 5.91 Å². The van der Waals surface area contributed by atoms with Crippen molar-refractivity contribution in [3.63, 3.8) is 0 Å². The number of hydrogen-bond donors (Lipinski definition) is 1. The standard InChI is InChI=1S/C21H21N5OS3/c1-3-16-10-15(11-28-16)19-24-25-21(26(19)4-2)30-13-18(27)23-20-22-17(12-29-20)14-8-6-5-7-9-14/h5-12H,3-4,13H2,1-2H3,(H,22,23,27). The average Bonchev–Trinajstić information content (AvgIpc) is 3.51. The number of nitrogens with zero attached hydrogens (tertiary/aromatic N) is 4. The maximum atomic E-state index is 12.4. The molecule has 0 radical (unpaired) electrons. The number of thiophene rings is 1. The Morgan fingerprint density at radius 2 is 1.93 bits per heavy atom. The molecule has 30 heavy (non-hydrogen) atoms. The number of carbonyl (C=O) groups excluding carboxylic acids is 1. The molecule has 0 fully saturated rings. The summed E-state index contributed by atoms with van der Waals surface area (Å²) in [6.07, 6.45) is 1.01. The van der Waals surface area contributed by atoms with Crippen LogP contribution in [0.1, 0.15) is 18.7 Å². The van der Waals surface area contributed by atoms with Gasteiger partial charge in [-0.25, -0.2) is 4.98 Å². The van der Waals surface area contributed by atoms with E-state index >= 15 is 0 Å². The number of thioether (sulfide) groups is 1. The summed E-state index contributed by atoms with van der Waals surface area (Å²) in [4.78, 5) is 18.3. The van der Waals surface area contributed by atoms with Crippen molar-refractivity contribution in [2.24, 2.45) is 0 Å². The van der Waals surface area contributed by atoms with Crippen LogP contribution in [0.5, 0.6) is 0 Å². The molecule has 0 unspecified atom stereocenters. The fraction of sp³-hybridized carbons (Fsp3) is 0.238. The first-order valence-corrected chi connectivity index (χ1v) is 12.4. The zero-order valence-corrected chi connectivity index (χ0v) is 19.1. The Balaban J connectivity index is 1.39. The van der Waals surface area contributed by atoms with Crippen molar-refractivity contribution < 1.29 is 4.79 Å². The third-order valence-corrected chi connectivity index (χ3v) is 7.25. The second-order valence-corrected chi connectivity index (χ2v) is 9.24. The second-order valence-electron chi connectivity index (χ2n) is 6.45. The first-order chi connectivity index (χ1) is 14.7. The van der Waals surface area contributed by atoms with Crippen LogP contribution in [0.2, 0.25) is 0 Å². The van der Waals surface area contributed by atoms with E-state index in [-0.39, 0.29) is 11.7 Å². The predicted molar refractivity (Wildman–Crippen MR) is 125 cm³/mol. The number of thiazole rings is 1. The smallest absolute Gasteiger partial charge is 0.236 e. The second kappa shape index (κ2) is 9.55. The minimum absolute atomic E-state index is 0.107. The topological polar surface area (TPSA) is 72.7 Å². The molecule has 0 bridgehead atoms. The van der Waals surface area contributed by atoms with Crippen molar-refractivity contribution in [2.75, 3.05) is 11.1 Å². The van der Waals surface area contributed by atoms with Gasteiger partial charge in [0, 0.05) is 33.3 Å². The molecule has 6 nitrogen and oxygen atoms in total. The van der Waals surface area contributed by atoms with Gasteiger partial charge in [0.1, 0.15) is 0 Å². The van der Waals surface area contributed by atoms with Crippen LogP contribution in [0, 0.1) is 0 Å². The van der Waals surface area contributed by atoms with Gasteiger partial charge in [-0.1, -0.05) is 49.0 Å². The molecule has 4 rings (SSSR count). The van der Waals surface area contributed by atoms with Crippen LogP contribution in [-0.4, -0.2) is 31.4 Å². The number of anilines is 1. The van der Waals surface area contributed by atoms with Crippen molar-refractivity contribution in [2.45, 2.75) is 32.0 Å². The summed E-state index contributed by atoms with van der Waals surface area (Å²) >= 11 is 4.55. The molecule has 1 aromatic carbocycles. The number of amides is 1. The van der Waals surface area contributed by atoms with Gasteiger partial charge in [-0.05, 0) is 19.4 Å². The molecule has 1 amide bonds. The third-order valence-electron chi connectivity index (χ3n) is 4.45. The number of aryl methyl sites for hydroxylation is 1. The molecule has 0 saturated heterocycles. The summed E-state index contributed by atoms with van der Waals surface area (Å²) in [5, 5.41) is 17.0. The molecular weight excluding hydrogens is 434 g/mol. The normalized spacial score (nSPS) is 11.0. The van der Waals surface area contributed by atoms with Gasteiger partial charge in [0.05, 0.1) is 11.4 Å². The highest BCUT2D eigenvalue weighted by Crippen LogP contribution is 2.28. The van der Waals surface area contributed by atoms with Gasteiger partial charge in [-0.2, -0.15) is 0 Å². The lowest BCUT2D eigenvalue weighted by atomic mass is 10.2. The summed E-state index contributed by atoms with van der Waals surface area (Å²) in [7, 11) is 0. The maximum Gasteiger partial charge on any atom is 0.236 e. The highest BCUT2D eigenvalue weighted by atomic mass is 32.2. The van der Waals surface area contributed by atoms with Crippen molar-refractivity contribution in [3.8, 4) is 22.6 Å². The molecule has 0 saturated carbocycles. The van der Waals surface area contributed by atoms with E-state index in [9.17, 15) is 4.79 Å². The minimum atomic E-state index is -0.107. The van der Waals surface area contributed by atoms with Crippen LogP contribution in [0.25, 0.3) is 22.6 Å². The van der Waals surface area contributed by atoms with Gasteiger partial charge >= 0.3 is 0 Å². The number of carbonyl (C=O) groups is 1. The Morgan fingerprint density at radius 3 is 2.67 bits per heavy atom. The van der Waals surface area contributed by atoms with Crippen molar-refractivity contribution in [3.05, 3.63) is 52.0 Å². The molecule has 4 aromatic rings. The summed E-state index contributed by atoms with van der Waals surface area (Å²) < 4.78 is 2.05. The predicted octanol–water partition coefficient (Wildman–Crippen LogP) is 5.44. The Hall–Kier alpha value is -2.49. The van der Waals surface area contributed by atoms with Crippen LogP contribution < -0.4 is 5.32 Å². The van der Waals surface area contributed by atoms with Crippen LogP contribution in [0.3, 0.4) is 0 Å². The first-order valence-electron chi connectivity index (χ1n) is 9.62. The number of aromatic nitrogens is 4. The van der Waals surface area contributed by atoms with Crippen LogP contribution in [0.4, 0.5) is 5.13 Å². The van der Waals surface area contributed by atoms with E-state index in [0.717, 1.165) is 40.8 Å². The molecule has 0 atom stereocenters. The van der Waals surface area contributed by atoms with E-state index < -0.39 is 0 Å². The summed E-state index contributed by atoms with van der Waals surface area (Å²) in [6, 6.07) is 12.1. The highest BCUT2D eigenvalue weighted by Gasteiger charge is 2.16. The molecule has 3 aromatic heterocycles. The van der Waals surface area contributed by atoms with Crippen molar-refractivity contribution in [1.29, 1.82) is 0 Å². The lowest BCUT2D eigenvalue weighted by Gasteiger charge is -2.06. The SMILES string of the molecule is CCc1cc(-c2nnc(SCC(=O)Nc3nc(-c4ccccc4)cs3)n2CC)cs1. The van der Waals surface area contributed by atoms with Gasteiger partial charge in [-0.15, -0.1) is 32.9 Å². The van der Waals surface area contributed by atoms with E-state index in [4.69, 9.17) is 0 Å². The van der Waals surface area contributed by atoms with Gasteiger partial charge in [0.25, 0.3) is 0 Å². The van der Waals surface area contributed by atoms with Crippen molar-refractivity contribution in [1.82, 2.24) is 19.7 Å². The fourth-order valence-corrected chi connectivity index (χ4v) is 5.29. The van der Waals surface area contributed by atoms with E-state index in [1.165, 1.54) is 28.0 Å². The molecule has 9 heteroatoms. The molecule has 1 N–H and O–H groups in total. The van der Waals surface area contributed by atoms with Gasteiger partial charge in [0.15, 0.2) is 16.1 Å². The fourth-order valence-electron chi connectivity index (χ4n) is 2.94. The maximum absolute atomic E-state index is 12.4. The van der Waals surface area contributed by atoms with E-state index in [2.05, 4.69) is 50.4 Å². The summed E-state index contributed by atoms with van der Waals surface area (Å²) in [6.45, 7) is 4.95. The van der Waals surface area contributed by atoms with Crippen LogP contribution >= 0.6 is 34.4 Å². The van der Waals surface area contributed by atoms with Crippen LogP contribution in [-0.2, 0) is 17.8 Å². The largest absolute Gasteiger partial charge is 0.302 e. The molecular formula is C21H21N5OS3. The Kier molecular flexibility index (Phi) is 6.61. The van der Waals surface area contributed by atoms with E-state index in [1.54, 1.807) is 11.3 Å². The van der Waals surface area contributed by atoms with Gasteiger partial charge < -0.3 is 9.88 Å². The van der Waals surface area contributed by atoms with E-state index in [0.29, 0.717) is 5.13 Å². The molecule has 0 spiro atoms. The minimum Gasteiger partial charge on any atom is -0.302 e. The quantitative estimate of drug-likeness (QED) is 0.358. The lowest BCUT2D eigenvalue weighted by Crippen LogP contribution is -2.14. The third kappa shape index (κ3) is 4.63. The summed E-state index contributed by atoms with van der Waals surface area (Å²) in [5.74, 6) is 0.996. The monoisotopic (exact) mass is 455 g/mol. The zero-order valence-electron chi connectivity index (χ0n) is 16.7. The molecule has 0 aliphatic heterocycles. The number of hydrogen-bond acceptors (Lipinski definition) is 7. The molecule has 3 heterocycles. The zero-order chi connectivity index (χ0) is 20.9. The highest BCUT2D eigenvalue weighted by molar-refractivity contribution is 7.99. The Morgan fingerprint density at radius 1 is 1.10 bits per heavy atom. The summed E-state index contributed by atoms with van der Waals surface area (Å²) in [5.41, 5.74) is 2.98.